The molecule has 2 heterocycles. The Morgan fingerprint density at radius 3 is 2.74 bits per heavy atom. The molecule has 2 aliphatic rings. The van der Waals surface area contributed by atoms with Crippen molar-refractivity contribution in [2.45, 2.75) is 44.1 Å². The van der Waals surface area contributed by atoms with E-state index in [0.717, 1.165) is 15.7 Å². The molecular formula is C19H23BrN2O5. The van der Waals surface area contributed by atoms with Crippen molar-refractivity contribution >= 4 is 39.4 Å². The van der Waals surface area contributed by atoms with Gasteiger partial charge < -0.3 is 20.1 Å². The van der Waals surface area contributed by atoms with E-state index in [9.17, 15) is 14.4 Å². The van der Waals surface area contributed by atoms with Crippen LogP contribution in [0.5, 0.6) is 0 Å². The van der Waals surface area contributed by atoms with Gasteiger partial charge in [0.15, 0.2) is 0 Å². The van der Waals surface area contributed by atoms with Crippen LogP contribution in [-0.2, 0) is 24.5 Å². The maximum Gasteiger partial charge on any atom is 0.303 e. The molecule has 2 aliphatic heterocycles. The van der Waals surface area contributed by atoms with E-state index in [4.69, 9.17) is 9.84 Å². The second-order valence-corrected chi connectivity index (χ2v) is 8.62. The molecule has 0 radical (unpaired) electrons. The van der Waals surface area contributed by atoms with Crippen LogP contribution in [0, 0.1) is 0 Å². The molecule has 27 heavy (non-hydrogen) atoms. The van der Waals surface area contributed by atoms with E-state index in [2.05, 4.69) is 21.2 Å². The number of carbonyl (C=O) groups excluding carboxylic acids is 2. The molecule has 8 heteroatoms. The average Bonchev–Trinajstić information content (AvgIpc) is 3.12. The smallest absolute Gasteiger partial charge is 0.303 e. The van der Waals surface area contributed by atoms with Gasteiger partial charge in [0, 0.05) is 23.2 Å². The second kappa shape index (κ2) is 7.24. The number of halogens is 1. The fourth-order valence-electron chi connectivity index (χ4n) is 3.75. The highest BCUT2D eigenvalue weighted by Crippen LogP contribution is 2.42. The molecule has 3 rings (SSSR count). The highest BCUT2D eigenvalue weighted by molar-refractivity contribution is 9.10. The molecule has 1 saturated heterocycles. The molecule has 1 aromatic rings. The highest BCUT2D eigenvalue weighted by atomic mass is 79.9. The molecule has 0 bridgehead atoms. The van der Waals surface area contributed by atoms with Gasteiger partial charge >= 0.3 is 5.97 Å². The van der Waals surface area contributed by atoms with Crippen LogP contribution >= 0.6 is 15.9 Å². The van der Waals surface area contributed by atoms with Crippen LogP contribution in [0.1, 0.15) is 38.7 Å². The summed E-state index contributed by atoms with van der Waals surface area (Å²) >= 11 is 3.43. The summed E-state index contributed by atoms with van der Waals surface area (Å²) in [6.45, 7) is 4.35. The number of aliphatic carboxylic acids is 1. The molecule has 1 fully saturated rings. The summed E-state index contributed by atoms with van der Waals surface area (Å²) in [4.78, 5) is 38.0. The minimum absolute atomic E-state index is 0.0455. The molecule has 7 nitrogen and oxygen atoms in total. The molecule has 1 aromatic carbocycles. The topological polar surface area (TPSA) is 95.9 Å². The number of hydrogen-bond acceptors (Lipinski definition) is 4. The number of carbonyl (C=O) groups is 3. The number of benzene rings is 1. The molecule has 146 valence electrons. The number of anilines is 1. The van der Waals surface area contributed by atoms with Crippen LogP contribution in [0.4, 0.5) is 5.69 Å². The number of nitrogens with zero attached hydrogens (tertiary/aromatic N) is 1. The molecule has 2 amide bonds. The van der Waals surface area contributed by atoms with Gasteiger partial charge in [0.2, 0.25) is 11.8 Å². The number of hydrogen-bond donors (Lipinski definition) is 2. The van der Waals surface area contributed by atoms with E-state index in [1.807, 2.05) is 32.0 Å². The van der Waals surface area contributed by atoms with Gasteiger partial charge in [-0.05, 0) is 50.5 Å². The summed E-state index contributed by atoms with van der Waals surface area (Å²) in [5.74, 6) is -1.36. The summed E-state index contributed by atoms with van der Waals surface area (Å²) in [5, 5.41) is 11.9. The van der Waals surface area contributed by atoms with Crippen molar-refractivity contribution in [2.75, 3.05) is 24.7 Å². The Hall–Kier alpha value is -1.93. The third kappa shape index (κ3) is 3.87. The first-order valence-corrected chi connectivity index (χ1v) is 9.66. The van der Waals surface area contributed by atoms with Gasteiger partial charge in [-0.2, -0.15) is 0 Å². The predicted molar refractivity (Wildman–Crippen MR) is 103 cm³/mol. The van der Waals surface area contributed by atoms with Gasteiger partial charge in [-0.1, -0.05) is 15.9 Å². The molecular weight excluding hydrogens is 416 g/mol. The Balaban J connectivity index is 1.76. The Bertz CT molecular complexity index is 786. The molecule has 1 unspecified atom stereocenters. The summed E-state index contributed by atoms with van der Waals surface area (Å²) in [6, 6.07) is 5.58. The summed E-state index contributed by atoms with van der Waals surface area (Å²) in [6.07, 6.45) is 0.822. The van der Waals surface area contributed by atoms with Crippen LogP contribution in [0.25, 0.3) is 0 Å². The molecule has 2 N–H and O–H groups in total. The zero-order valence-electron chi connectivity index (χ0n) is 15.4. The van der Waals surface area contributed by atoms with Crippen LogP contribution < -0.4 is 10.2 Å². The number of nitrogens with one attached hydrogen (secondary N) is 1. The van der Waals surface area contributed by atoms with Crippen molar-refractivity contribution in [2.24, 2.45) is 0 Å². The lowest BCUT2D eigenvalue weighted by molar-refractivity contribution is -0.138. The zero-order valence-corrected chi connectivity index (χ0v) is 17.0. The molecule has 1 atom stereocenters. The SMILES string of the molecule is CC1(C)C(=O)N(CC(=O)NC2(CCC(=O)O)CCOC2)c2ccc(Br)cc21. The maximum absolute atomic E-state index is 12.9. The first-order chi connectivity index (χ1) is 12.6. The highest BCUT2D eigenvalue weighted by Gasteiger charge is 2.45. The predicted octanol–water partition coefficient (Wildman–Crippen LogP) is 2.21. The lowest BCUT2D eigenvalue weighted by atomic mass is 9.86. The van der Waals surface area contributed by atoms with E-state index < -0.39 is 16.9 Å². The van der Waals surface area contributed by atoms with E-state index in [1.165, 1.54) is 4.90 Å². The molecule has 0 spiro atoms. The van der Waals surface area contributed by atoms with Gasteiger partial charge in [-0.3, -0.25) is 14.4 Å². The summed E-state index contributed by atoms with van der Waals surface area (Å²) < 4.78 is 6.27. The third-order valence-corrected chi connectivity index (χ3v) is 5.82. The quantitative estimate of drug-likeness (QED) is 0.709. The van der Waals surface area contributed by atoms with E-state index >= 15 is 0 Å². The Morgan fingerprint density at radius 2 is 2.11 bits per heavy atom. The minimum atomic E-state index is -0.911. The van der Waals surface area contributed by atoms with Gasteiger partial charge in [0.25, 0.3) is 0 Å². The van der Waals surface area contributed by atoms with Crippen LogP contribution in [0.15, 0.2) is 22.7 Å². The van der Waals surface area contributed by atoms with Crippen LogP contribution in [-0.4, -0.2) is 48.2 Å². The van der Waals surface area contributed by atoms with E-state index in [0.29, 0.717) is 19.4 Å². The number of ether oxygens (including phenoxy) is 1. The number of rotatable bonds is 6. The average molecular weight is 439 g/mol. The fourth-order valence-corrected chi connectivity index (χ4v) is 4.11. The molecule has 0 aromatic heterocycles. The largest absolute Gasteiger partial charge is 0.481 e. The number of fused-ring (bicyclic) bond motifs is 1. The van der Waals surface area contributed by atoms with Gasteiger partial charge in [0.05, 0.1) is 17.6 Å². The van der Waals surface area contributed by atoms with Crippen LogP contribution in [0.2, 0.25) is 0 Å². The molecule has 0 saturated carbocycles. The minimum Gasteiger partial charge on any atom is -0.481 e. The third-order valence-electron chi connectivity index (χ3n) is 5.33. The lowest BCUT2D eigenvalue weighted by Gasteiger charge is -2.29. The van der Waals surface area contributed by atoms with Gasteiger partial charge in [0.1, 0.15) is 6.54 Å². The Kier molecular flexibility index (Phi) is 5.31. The van der Waals surface area contributed by atoms with Crippen molar-refractivity contribution in [1.82, 2.24) is 5.32 Å². The standard InChI is InChI=1S/C19H23BrN2O5/c1-18(2)13-9-12(20)3-4-14(13)22(17(18)26)10-15(23)21-19(6-5-16(24)25)7-8-27-11-19/h3-4,9H,5-8,10-11H2,1-2H3,(H,21,23)(H,24,25). The first kappa shape index (κ1) is 19.8. The van der Waals surface area contributed by atoms with Crippen molar-refractivity contribution in [3.63, 3.8) is 0 Å². The molecule has 0 aliphatic carbocycles. The van der Waals surface area contributed by atoms with Gasteiger partial charge in [-0.15, -0.1) is 0 Å². The van der Waals surface area contributed by atoms with E-state index in [1.54, 1.807) is 0 Å². The van der Waals surface area contributed by atoms with Gasteiger partial charge in [-0.25, -0.2) is 0 Å². The van der Waals surface area contributed by atoms with Crippen molar-refractivity contribution in [3.05, 3.63) is 28.2 Å². The monoisotopic (exact) mass is 438 g/mol. The number of carboxylic acid groups (broad SMARTS) is 1. The van der Waals surface area contributed by atoms with Crippen molar-refractivity contribution in [3.8, 4) is 0 Å². The summed E-state index contributed by atoms with van der Waals surface area (Å²) in [7, 11) is 0. The van der Waals surface area contributed by atoms with Crippen molar-refractivity contribution < 1.29 is 24.2 Å². The summed E-state index contributed by atoms with van der Waals surface area (Å²) in [5.41, 5.74) is 0.206. The second-order valence-electron chi connectivity index (χ2n) is 7.70. The van der Waals surface area contributed by atoms with E-state index in [-0.39, 0.29) is 31.4 Å². The first-order valence-electron chi connectivity index (χ1n) is 8.87. The Labute approximate surface area is 166 Å². The Morgan fingerprint density at radius 1 is 1.37 bits per heavy atom. The normalized spacial score (nSPS) is 23.4. The number of carboxylic acids is 1. The maximum atomic E-state index is 12.9. The van der Waals surface area contributed by atoms with Crippen molar-refractivity contribution in [1.29, 1.82) is 0 Å². The lowest BCUT2D eigenvalue weighted by Crippen LogP contribution is -2.53. The number of amides is 2. The van der Waals surface area contributed by atoms with Crippen LogP contribution in [0.3, 0.4) is 0 Å². The zero-order chi connectivity index (χ0) is 19.8. The fraction of sp³-hybridized carbons (Fsp3) is 0.526.